The first kappa shape index (κ1) is 20.5. The molecule has 4 rings (SSSR count). The van der Waals surface area contributed by atoms with E-state index in [1.54, 1.807) is 6.07 Å². The Kier molecular flexibility index (Phi) is 6.01. The van der Waals surface area contributed by atoms with Gasteiger partial charge in [-0.15, -0.1) is 11.3 Å². The molecule has 4 nitrogen and oxygen atoms in total. The number of benzene rings is 1. The van der Waals surface area contributed by atoms with E-state index in [4.69, 9.17) is 0 Å². The zero-order chi connectivity index (χ0) is 20.4. The number of halogens is 3. The Morgan fingerprint density at radius 2 is 1.76 bits per heavy atom. The van der Waals surface area contributed by atoms with E-state index in [1.165, 1.54) is 23.5 Å². The van der Waals surface area contributed by atoms with E-state index in [9.17, 15) is 18.0 Å². The highest BCUT2D eigenvalue weighted by Crippen LogP contribution is 2.38. The molecule has 0 aliphatic carbocycles. The Bertz CT molecular complexity index is 852. The van der Waals surface area contributed by atoms with Crippen LogP contribution in [0.15, 0.2) is 23.6 Å². The molecule has 0 atom stereocenters. The fourth-order valence-corrected chi connectivity index (χ4v) is 5.24. The molecule has 0 spiro atoms. The van der Waals surface area contributed by atoms with Crippen molar-refractivity contribution in [1.29, 1.82) is 0 Å². The highest BCUT2D eigenvalue weighted by Gasteiger charge is 2.31. The monoisotopic (exact) mass is 425 g/mol. The Balaban J connectivity index is 1.29. The molecule has 0 bridgehead atoms. The van der Waals surface area contributed by atoms with Crippen LogP contribution in [-0.2, 0) is 11.0 Å². The number of amides is 1. The van der Waals surface area contributed by atoms with Crippen molar-refractivity contribution in [2.75, 3.05) is 50.7 Å². The lowest BCUT2D eigenvalue weighted by atomic mass is 10.1. The number of nitrogens with zero attached hydrogens (tertiary/aromatic N) is 3. The third-order valence-electron chi connectivity index (χ3n) is 5.92. The van der Waals surface area contributed by atoms with Gasteiger partial charge in [-0.3, -0.25) is 9.69 Å². The summed E-state index contributed by atoms with van der Waals surface area (Å²) in [5.74, 6) is 0.282. The normalized spacial score (nSPS) is 18.7. The Labute approximate surface area is 172 Å². The fourth-order valence-electron chi connectivity index (χ4n) is 4.23. The molecule has 8 heteroatoms. The molecule has 1 aromatic heterocycles. The van der Waals surface area contributed by atoms with Gasteiger partial charge in [0.2, 0.25) is 5.91 Å². The lowest BCUT2D eigenvalue weighted by Crippen LogP contribution is -2.46. The summed E-state index contributed by atoms with van der Waals surface area (Å²) in [5.41, 5.74) is 0.439. The summed E-state index contributed by atoms with van der Waals surface area (Å²) in [4.78, 5) is 18.8. The molecule has 0 unspecified atom stereocenters. The van der Waals surface area contributed by atoms with Crippen LogP contribution in [0.5, 0.6) is 0 Å². The van der Waals surface area contributed by atoms with Crippen LogP contribution in [0, 0.1) is 0 Å². The number of rotatable bonds is 5. The van der Waals surface area contributed by atoms with E-state index in [0.29, 0.717) is 11.1 Å². The topological polar surface area (TPSA) is 26.8 Å². The first-order valence-electron chi connectivity index (χ1n) is 10.3. The summed E-state index contributed by atoms with van der Waals surface area (Å²) in [7, 11) is 0. The second kappa shape index (κ2) is 8.52. The van der Waals surface area contributed by atoms with E-state index in [2.05, 4.69) is 9.80 Å². The van der Waals surface area contributed by atoms with Crippen molar-refractivity contribution in [2.45, 2.75) is 31.9 Å². The molecule has 2 aliphatic heterocycles. The number of anilines is 1. The van der Waals surface area contributed by atoms with E-state index in [-0.39, 0.29) is 5.91 Å². The molecule has 1 aromatic carbocycles. The number of thiophene rings is 1. The minimum absolute atomic E-state index is 0.282. The molecule has 158 valence electrons. The van der Waals surface area contributed by atoms with Crippen molar-refractivity contribution >= 4 is 33.0 Å². The molecule has 0 radical (unpaired) electrons. The van der Waals surface area contributed by atoms with Gasteiger partial charge in [-0.25, -0.2) is 0 Å². The Morgan fingerprint density at radius 3 is 2.45 bits per heavy atom. The largest absolute Gasteiger partial charge is 0.416 e. The smallest absolute Gasteiger partial charge is 0.368 e. The van der Waals surface area contributed by atoms with Gasteiger partial charge in [0.1, 0.15) is 0 Å². The fraction of sp³-hybridized carbons (Fsp3) is 0.571. The van der Waals surface area contributed by atoms with Crippen LogP contribution >= 0.6 is 11.3 Å². The van der Waals surface area contributed by atoms with E-state index in [0.717, 1.165) is 76.1 Å². The molecule has 29 heavy (non-hydrogen) atoms. The van der Waals surface area contributed by atoms with Gasteiger partial charge in [0.15, 0.2) is 0 Å². The van der Waals surface area contributed by atoms with Crippen LogP contribution in [0.4, 0.5) is 18.9 Å². The Morgan fingerprint density at radius 1 is 1.03 bits per heavy atom. The van der Waals surface area contributed by atoms with Crippen LogP contribution in [0.25, 0.3) is 10.1 Å². The molecule has 2 aliphatic rings. The number of hydrogen-bond acceptors (Lipinski definition) is 4. The molecular formula is C21H26F3N3OS. The van der Waals surface area contributed by atoms with Crippen LogP contribution < -0.4 is 4.90 Å². The van der Waals surface area contributed by atoms with E-state index < -0.39 is 11.7 Å². The zero-order valence-electron chi connectivity index (χ0n) is 16.4. The van der Waals surface area contributed by atoms with Crippen LogP contribution in [0.3, 0.4) is 0 Å². The quantitative estimate of drug-likeness (QED) is 0.709. The van der Waals surface area contributed by atoms with Gasteiger partial charge in [0.25, 0.3) is 0 Å². The van der Waals surface area contributed by atoms with Crippen molar-refractivity contribution in [2.24, 2.45) is 0 Å². The molecule has 0 N–H and O–H groups in total. The number of fused-ring (bicyclic) bond motifs is 1. The maximum absolute atomic E-state index is 12.9. The van der Waals surface area contributed by atoms with Gasteiger partial charge >= 0.3 is 6.18 Å². The molecule has 0 saturated carbocycles. The van der Waals surface area contributed by atoms with E-state index in [1.807, 2.05) is 10.3 Å². The summed E-state index contributed by atoms with van der Waals surface area (Å²) in [6.07, 6.45) is -0.543. The van der Waals surface area contributed by atoms with Gasteiger partial charge in [-0.05, 0) is 37.9 Å². The summed E-state index contributed by atoms with van der Waals surface area (Å²) in [5, 5.41) is 2.86. The summed E-state index contributed by atoms with van der Waals surface area (Å²) < 4.78 is 39.5. The minimum Gasteiger partial charge on any atom is -0.368 e. The van der Waals surface area contributed by atoms with Gasteiger partial charge in [0, 0.05) is 61.2 Å². The highest BCUT2D eigenvalue weighted by molar-refractivity contribution is 7.17. The van der Waals surface area contributed by atoms with Crippen molar-refractivity contribution in [3.05, 3.63) is 29.1 Å². The number of carbonyl (C=O) groups excluding carboxylic acids is 1. The number of alkyl halides is 3. The first-order chi connectivity index (χ1) is 13.9. The predicted octanol–water partition coefficient (Wildman–Crippen LogP) is 4.44. The predicted molar refractivity (Wildman–Crippen MR) is 111 cm³/mol. The number of piperazine rings is 1. The summed E-state index contributed by atoms with van der Waals surface area (Å²) in [6.45, 7) is 6.28. The summed E-state index contributed by atoms with van der Waals surface area (Å²) in [6, 6.07) is 4.02. The van der Waals surface area contributed by atoms with Gasteiger partial charge in [0.05, 0.1) is 11.3 Å². The van der Waals surface area contributed by atoms with Crippen LogP contribution in [0.1, 0.15) is 31.2 Å². The maximum atomic E-state index is 12.9. The molecule has 2 fully saturated rings. The highest BCUT2D eigenvalue weighted by atomic mass is 32.1. The number of carbonyl (C=O) groups is 1. The van der Waals surface area contributed by atoms with Gasteiger partial charge < -0.3 is 9.80 Å². The van der Waals surface area contributed by atoms with Crippen LogP contribution in [-0.4, -0.2) is 61.5 Å². The lowest BCUT2D eigenvalue weighted by Gasteiger charge is -2.36. The molecule has 3 heterocycles. The summed E-state index contributed by atoms with van der Waals surface area (Å²) >= 11 is 1.37. The minimum atomic E-state index is -4.31. The molecule has 1 amide bonds. The van der Waals surface area contributed by atoms with Gasteiger partial charge in [-0.1, -0.05) is 6.07 Å². The van der Waals surface area contributed by atoms with Crippen molar-refractivity contribution in [3.8, 4) is 0 Å². The third kappa shape index (κ3) is 4.69. The van der Waals surface area contributed by atoms with Gasteiger partial charge in [-0.2, -0.15) is 13.2 Å². The second-order valence-electron chi connectivity index (χ2n) is 7.85. The van der Waals surface area contributed by atoms with Crippen LogP contribution in [0.2, 0.25) is 0 Å². The maximum Gasteiger partial charge on any atom is 0.416 e. The second-order valence-corrected chi connectivity index (χ2v) is 8.76. The number of hydrogen-bond donors (Lipinski definition) is 0. The Hall–Kier alpha value is -1.80. The molecule has 2 aromatic rings. The average Bonchev–Trinajstić information content (AvgIpc) is 3.37. The zero-order valence-corrected chi connectivity index (χ0v) is 17.2. The number of likely N-dealkylation sites (tertiary alicyclic amines) is 1. The van der Waals surface area contributed by atoms with Crippen molar-refractivity contribution < 1.29 is 18.0 Å². The molecular weight excluding hydrogens is 399 g/mol. The molecule has 2 saturated heterocycles. The third-order valence-corrected chi connectivity index (χ3v) is 6.85. The SMILES string of the molecule is O=C(CCCN1CCN(c2csc3cc(C(F)(F)F)ccc23)CC1)N1CCCC1. The van der Waals surface area contributed by atoms with Crippen molar-refractivity contribution in [1.82, 2.24) is 9.80 Å². The lowest BCUT2D eigenvalue weighted by molar-refractivity contribution is -0.137. The average molecular weight is 426 g/mol. The first-order valence-corrected chi connectivity index (χ1v) is 11.1. The standard InChI is InChI=1S/C21H26F3N3OS/c22-21(23,24)16-5-6-17-18(15-29-19(17)14-16)26-12-10-25(11-13-26)7-3-4-20(28)27-8-1-2-9-27/h5-6,14-15H,1-4,7-13H2. The van der Waals surface area contributed by atoms with E-state index >= 15 is 0 Å². The van der Waals surface area contributed by atoms with Crippen molar-refractivity contribution in [3.63, 3.8) is 0 Å².